The number of halogens is 4. The van der Waals surface area contributed by atoms with E-state index in [0.29, 0.717) is 6.07 Å². The summed E-state index contributed by atoms with van der Waals surface area (Å²) in [4.78, 5) is 0. The van der Waals surface area contributed by atoms with E-state index in [2.05, 4.69) is 0 Å². The molecule has 0 aliphatic heterocycles. The second-order valence-electron chi connectivity index (χ2n) is 3.58. The molecule has 0 aromatic heterocycles. The Morgan fingerprint density at radius 1 is 1.33 bits per heavy atom. The van der Waals surface area contributed by atoms with E-state index in [9.17, 15) is 23.4 Å². The first kappa shape index (κ1) is 14.8. The summed E-state index contributed by atoms with van der Waals surface area (Å²) in [6.07, 6.45) is -7.61. The van der Waals surface area contributed by atoms with E-state index in [4.69, 9.17) is 16.9 Å². The highest BCUT2D eigenvalue weighted by Gasteiger charge is 2.34. The van der Waals surface area contributed by atoms with Crippen LogP contribution in [0.1, 0.15) is 22.8 Å². The van der Waals surface area contributed by atoms with Crippen LogP contribution in [0.25, 0.3) is 0 Å². The highest BCUT2D eigenvalue weighted by atomic mass is 35.5. The van der Waals surface area contributed by atoms with Crippen molar-refractivity contribution in [1.29, 1.82) is 5.26 Å². The van der Waals surface area contributed by atoms with Crippen molar-refractivity contribution in [2.45, 2.75) is 18.4 Å². The van der Waals surface area contributed by atoms with Gasteiger partial charge in [0, 0.05) is 0 Å². The van der Waals surface area contributed by atoms with Crippen LogP contribution in [0.3, 0.4) is 0 Å². The molecule has 2 N–H and O–H groups in total. The molecule has 0 saturated carbocycles. The zero-order chi connectivity index (χ0) is 13.9. The lowest BCUT2D eigenvalue weighted by atomic mass is 9.99. The summed E-state index contributed by atoms with van der Waals surface area (Å²) in [7, 11) is 0. The Morgan fingerprint density at radius 2 is 1.94 bits per heavy atom. The molecule has 1 aromatic carbocycles. The standard InChI is InChI=1S/C11H9ClF3NO2/c12-4-9(17)10(18)6-1-2-7(5-16)8(3-6)11(13,14)15/h1-3,9-10,17-18H,4H2. The molecule has 0 aliphatic rings. The van der Waals surface area contributed by atoms with Gasteiger partial charge in [0.15, 0.2) is 0 Å². The molecule has 0 aliphatic carbocycles. The van der Waals surface area contributed by atoms with Crippen molar-refractivity contribution in [2.75, 3.05) is 5.88 Å². The fourth-order valence-electron chi connectivity index (χ4n) is 1.38. The largest absolute Gasteiger partial charge is 0.417 e. The van der Waals surface area contributed by atoms with Crippen molar-refractivity contribution in [3.05, 3.63) is 34.9 Å². The van der Waals surface area contributed by atoms with Gasteiger partial charge in [0.2, 0.25) is 0 Å². The van der Waals surface area contributed by atoms with Crippen LogP contribution in [0.15, 0.2) is 18.2 Å². The minimum Gasteiger partial charge on any atom is -0.389 e. The van der Waals surface area contributed by atoms with Gasteiger partial charge in [0.1, 0.15) is 6.10 Å². The molecule has 7 heteroatoms. The molecule has 0 fully saturated rings. The van der Waals surface area contributed by atoms with Gasteiger partial charge < -0.3 is 10.2 Å². The Hall–Kier alpha value is -1.29. The fourth-order valence-corrected chi connectivity index (χ4v) is 1.55. The van der Waals surface area contributed by atoms with Gasteiger partial charge in [-0.1, -0.05) is 6.07 Å². The average Bonchev–Trinajstić information content (AvgIpc) is 2.35. The lowest BCUT2D eigenvalue weighted by Crippen LogP contribution is -2.20. The molecule has 0 saturated heterocycles. The SMILES string of the molecule is N#Cc1ccc(C(O)C(O)CCl)cc1C(F)(F)F. The van der Waals surface area contributed by atoms with Crippen molar-refractivity contribution >= 4 is 11.6 Å². The number of hydrogen-bond acceptors (Lipinski definition) is 3. The van der Waals surface area contributed by atoms with E-state index in [1.165, 1.54) is 6.07 Å². The molecule has 0 heterocycles. The highest BCUT2D eigenvalue weighted by Crippen LogP contribution is 2.34. The summed E-state index contributed by atoms with van der Waals surface area (Å²) in [5.74, 6) is -0.317. The van der Waals surface area contributed by atoms with E-state index >= 15 is 0 Å². The zero-order valence-electron chi connectivity index (χ0n) is 8.95. The molecule has 1 aromatic rings. The maximum absolute atomic E-state index is 12.6. The minimum atomic E-state index is -4.70. The van der Waals surface area contributed by atoms with E-state index in [-0.39, 0.29) is 11.4 Å². The molecule has 0 radical (unpaired) electrons. The summed E-state index contributed by atoms with van der Waals surface area (Å²) in [5, 5.41) is 27.4. The predicted molar refractivity (Wildman–Crippen MR) is 57.8 cm³/mol. The quantitative estimate of drug-likeness (QED) is 0.834. The summed E-state index contributed by atoms with van der Waals surface area (Å²) in [6, 6.07) is 4.15. The van der Waals surface area contributed by atoms with Gasteiger partial charge in [-0.2, -0.15) is 18.4 Å². The average molecular weight is 280 g/mol. The third-order valence-electron chi connectivity index (χ3n) is 2.33. The van der Waals surface area contributed by atoms with Gasteiger partial charge in [-0.3, -0.25) is 0 Å². The highest BCUT2D eigenvalue weighted by molar-refractivity contribution is 6.18. The molecule has 2 unspecified atom stereocenters. The lowest BCUT2D eigenvalue weighted by Gasteiger charge is -2.17. The van der Waals surface area contributed by atoms with Gasteiger partial charge in [0.25, 0.3) is 0 Å². The Bertz CT molecular complexity index is 470. The molecular formula is C11H9ClF3NO2. The third-order valence-corrected chi connectivity index (χ3v) is 2.65. The molecule has 3 nitrogen and oxygen atoms in total. The molecule has 18 heavy (non-hydrogen) atoms. The van der Waals surface area contributed by atoms with Crippen molar-refractivity contribution in [2.24, 2.45) is 0 Å². The van der Waals surface area contributed by atoms with Gasteiger partial charge in [-0.25, -0.2) is 0 Å². The van der Waals surface area contributed by atoms with Gasteiger partial charge in [-0.15, -0.1) is 11.6 Å². The van der Waals surface area contributed by atoms with E-state index < -0.39 is 29.5 Å². The van der Waals surface area contributed by atoms with Gasteiger partial charge in [0.05, 0.1) is 29.2 Å². The number of nitrogens with zero attached hydrogens (tertiary/aromatic N) is 1. The lowest BCUT2D eigenvalue weighted by molar-refractivity contribution is -0.137. The van der Waals surface area contributed by atoms with Crippen molar-refractivity contribution in [1.82, 2.24) is 0 Å². The number of hydrogen-bond donors (Lipinski definition) is 2. The van der Waals surface area contributed by atoms with E-state index in [1.807, 2.05) is 0 Å². The number of nitriles is 1. The van der Waals surface area contributed by atoms with Crippen LogP contribution in [-0.4, -0.2) is 22.2 Å². The fraction of sp³-hybridized carbons (Fsp3) is 0.364. The first-order valence-electron chi connectivity index (χ1n) is 4.84. The Labute approximate surface area is 106 Å². The third kappa shape index (κ3) is 3.13. The van der Waals surface area contributed by atoms with Crippen molar-refractivity contribution in [3.8, 4) is 6.07 Å². The van der Waals surface area contributed by atoms with Crippen LogP contribution in [0.2, 0.25) is 0 Å². The minimum absolute atomic E-state index is 0.144. The van der Waals surface area contributed by atoms with Crippen molar-refractivity contribution < 1.29 is 23.4 Å². The molecule has 0 bridgehead atoms. The molecular weight excluding hydrogens is 271 g/mol. The number of aliphatic hydroxyl groups is 2. The van der Waals surface area contributed by atoms with Crippen LogP contribution in [0.4, 0.5) is 13.2 Å². The topological polar surface area (TPSA) is 64.2 Å². The van der Waals surface area contributed by atoms with Crippen molar-refractivity contribution in [3.63, 3.8) is 0 Å². The molecule has 0 spiro atoms. The first-order chi connectivity index (χ1) is 8.31. The van der Waals surface area contributed by atoms with Crippen LogP contribution in [-0.2, 0) is 6.18 Å². The van der Waals surface area contributed by atoms with Gasteiger partial charge >= 0.3 is 6.18 Å². The summed E-state index contributed by atoms with van der Waals surface area (Å²) in [6.45, 7) is 0. The Kier molecular flexibility index (Phi) is 4.57. The molecule has 2 atom stereocenters. The summed E-state index contributed by atoms with van der Waals surface area (Å²) in [5.41, 5.74) is -1.84. The number of benzene rings is 1. The Balaban J connectivity index is 3.24. The number of aliphatic hydroxyl groups excluding tert-OH is 2. The second kappa shape index (κ2) is 5.57. The van der Waals surface area contributed by atoms with Crippen LogP contribution < -0.4 is 0 Å². The number of rotatable bonds is 3. The van der Waals surface area contributed by atoms with Crippen LogP contribution in [0.5, 0.6) is 0 Å². The molecule has 0 amide bonds. The van der Waals surface area contributed by atoms with E-state index in [1.54, 1.807) is 0 Å². The normalized spacial score (nSPS) is 14.9. The second-order valence-corrected chi connectivity index (χ2v) is 3.89. The maximum Gasteiger partial charge on any atom is 0.417 e. The predicted octanol–water partition coefficient (Wildman–Crippen LogP) is 2.21. The summed E-state index contributed by atoms with van der Waals surface area (Å²) >= 11 is 5.30. The van der Waals surface area contributed by atoms with Crippen LogP contribution >= 0.6 is 11.6 Å². The molecule has 1 rings (SSSR count). The first-order valence-corrected chi connectivity index (χ1v) is 5.38. The monoisotopic (exact) mass is 279 g/mol. The Morgan fingerprint density at radius 3 is 2.39 bits per heavy atom. The van der Waals surface area contributed by atoms with Gasteiger partial charge in [-0.05, 0) is 17.7 Å². The molecule has 98 valence electrons. The number of alkyl halides is 4. The smallest absolute Gasteiger partial charge is 0.389 e. The maximum atomic E-state index is 12.6. The summed E-state index contributed by atoms with van der Waals surface area (Å²) < 4.78 is 37.9. The van der Waals surface area contributed by atoms with E-state index in [0.717, 1.165) is 12.1 Å². The van der Waals surface area contributed by atoms with Crippen LogP contribution in [0, 0.1) is 11.3 Å². The zero-order valence-corrected chi connectivity index (χ0v) is 9.70.